The van der Waals surface area contributed by atoms with Crippen molar-refractivity contribution in [3.8, 4) is 11.5 Å². The summed E-state index contributed by atoms with van der Waals surface area (Å²) in [7, 11) is 5.57. The Kier molecular flexibility index (Phi) is 7.17. The topological polar surface area (TPSA) is 42.0 Å². The van der Waals surface area contributed by atoms with Crippen molar-refractivity contribution in [3.63, 3.8) is 0 Å². The molecule has 1 saturated heterocycles. The van der Waals surface area contributed by atoms with Crippen molar-refractivity contribution in [2.24, 2.45) is 0 Å². The van der Waals surface area contributed by atoms with Crippen LogP contribution >= 0.6 is 24.0 Å². The van der Waals surface area contributed by atoms with E-state index in [1.807, 2.05) is 85.7 Å². The summed E-state index contributed by atoms with van der Waals surface area (Å²) in [4.78, 5) is 17.4. The van der Waals surface area contributed by atoms with Crippen LogP contribution in [0.5, 0.6) is 11.5 Å². The lowest BCUT2D eigenvalue weighted by atomic mass is 10.1. The molecule has 0 atom stereocenters. The molecule has 1 heterocycles. The summed E-state index contributed by atoms with van der Waals surface area (Å²) < 4.78 is 12.3. The maximum absolute atomic E-state index is 13.2. The number of benzene rings is 4. The zero-order chi connectivity index (χ0) is 25.9. The van der Waals surface area contributed by atoms with Crippen LogP contribution in [-0.4, -0.2) is 31.4 Å². The highest BCUT2D eigenvalue weighted by Gasteiger charge is 2.33. The molecule has 5 nitrogen and oxygen atoms in total. The summed E-state index contributed by atoms with van der Waals surface area (Å²) in [6.07, 6.45) is 1.84. The first-order chi connectivity index (χ1) is 17.9. The minimum atomic E-state index is -0.136. The number of thioether (sulfide) groups is 1. The summed E-state index contributed by atoms with van der Waals surface area (Å²) in [6.45, 7) is 0.419. The van der Waals surface area contributed by atoms with Gasteiger partial charge in [0, 0.05) is 19.8 Å². The number of fused-ring (bicyclic) bond motifs is 1. The maximum Gasteiger partial charge on any atom is 0.270 e. The fourth-order valence-electron chi connectivity index (χ4n) is 4.21. The summed E-state index contributed by atoms with van der Waals surface area (Å²) >= 11 is 6.83. The monoisotopic (exact) mass is 526 g/mol. The standard InChI is InChI=1S/C30H26N2O3S2/c1-31(2)23-12-14-24(15-13-23)32-29(33)28(37-30(32)36)18-20-11-16-26(27(17-20)34-3)35-19-22-9-6-8-21-7-4-5-10-25(21)22/h4-18H,19H2,1-3H3. The molecule has 0 spiro atoms. The molecular weight excluding hydrogens is 500 g/mol. The van der Waals surface area contributed by atoms with Gasteiger partial charge < -0.3 is 14.4 Å². The smallest absolute Gasteiger partial charge is 0.270 e. The summed E-state index contributed by atoms with van der Waals surface area (Å²) in [6, 6.07) is 27.9. The second-order valence-electron chi connectivity index (χ2n) is 8.77. The third kappa shape index (κ3) is 5.19. The van der Waals surface area contributed by atoms with Crippen LogP contribution in [0.3, 0.4) is 0 Å². The van der Waals surface area contributed by atoms with Crippen molar-refractivity contribution in [3.05, 3.63) is 101 Å². The number of hydrogen-bond donors (Lipinski definition) is 0. The SMILES string of the molecule is COc1cc(C=C2SC(=S)N(c3ccc(N(C)C)cc3)C2=O)ccc1OCc1cccc2ccccc12. The van der Waals surface area contributed by atoms with Crippen LogP contribution in [0.2, 0.25) is 0 Å². The van der Waals surface area contributed by atoms with Gasteiger partial charge in [-0.2, -0.15) is 0 Å². The molecule has 1 aliphatic rings. The zero-order valence-electron chi connectivity index (χ0n) is 20.8. The lowest BCUT2D eigenvalue weighted by molar-refractivity contribution is -0.113. The highest BCUT2D eigenvalue weighted by molar-refractivity contribution is 8.27. The van der Waals surface area contributed by atoms with Gasteiger partial charge in [0.2, 0.25) is 0 Å². The van der Waals surface area contributed by atoms with Crippen LogP contribution in [0.15, 0.2) is 89.8 Å². The van der Waals surface area contributed by atoms with Crippen LogP contribution in [0.25, 0.3) is 16.8 Å². The van der Waals surface area contributed by atoms with Crippen molar-refractivity contribution in [1.29, 1.82) is 0 Å². The number of methoxy groups -OCH3 is 1. The lowest BCUT2D eigenvalue weighted by Crippen LogP contribution is -2.27. The van der Waals surface area contributed by atoms with E-state index in [0.717, 1.165) is 22.5 Å². The van der Waals surface area contributed by atoms with E-state index in [1.165, 1.54) is 22.5 Å². The van der Waals surface area contributed by atoms with Crippen LogP contribution in [0.4, 0.5) is 11.4 Å². The molecule has 37 heavy (non-hydrogen) atoms. The molecule has 4 aromatic rings. The molecule has 0 aliphatic carbocycles. The van der Waals surface area contributed by atoms with E-state index in [1.54, 1.807) is 12.0 Å². The Morgan fingerprint density at radius 2 is 1.70 bits per heavy atom. The first-order valence-electron chi connectivity index (χ1n) is 11.8. The normalized spacial score (nSPS) is 14.5. The van der Waals surface area contributed by atoms with Gasteiger partial charge in [-0.3, -0.25) is 9.69 Å². The average molecular weight is 527 g/mol. The molecule has 0 saturated carbocycles. The zero-order valence-corrected chi connectivity index (χ0v) is 22.4. The average Bonchev–Trinajstić information content (AvgIpc) is 3.19. The Balaban J connectivity index is 1.34. The van der Waals surface area contributed by atoms with Gasteiger partial charge in [-0.15, -0.1) is 0 Å². The van der Waals surface area contributed by atoms with Gasteiger partial charge in [0.1, 0.15) is 6.61 Å². The summed E-state index contributed by atoms with van der Waals surface area (Å²) in [5.74, 6) is 1.10. The Bertz CT molecular complexity index is 1510. The third-order valence-corrected chi connectivity index (χ3v) is 7.47. The molecule has 7 heteroatoms. The molecule has 0 radical (unpaired) electrons. The highest BCUT2D eigenvalue weighted by Crippen LogP contribution is 2.38. The van der Waals surface area contributed by atoms with Gasteiger partial charge in [-0.05, 0) is 64.4 Å². The van der Waals surface area contributed by atoms with Gasteiger partial charge in [-0.1, -0.05) is 72.5 Å². The lowest BCUT2D eigenvalue weighted by Gasteiger charge is -2.17. The molecule has 4 aromatic carbocycles. The van der Waals surface area contributed by atoms with Gasteiger partial charge >= 0.3 is 0 Å². The van der Waals surface area contributed by atoms with Crippen molar-refractivity contribution >= 4 is 62.4 Å². The second-order valence-corrected chi connectivity index (χ2v) is 10.4. The van der Waals surface area contributed by atoms with E-state index in [2.05, 4.69) is 24.3 Å². The number of anilines is 2. The van der Waals surface area contributed by atoms with Crippen LogP contribution < -0.4 is 19.3 Å². The molecule has 186 valence electrons. The number of thiocarbonyl (C=S) groups is 1. The van der Waals surface area contributed by atoms with Crippen molar-refractivity contribution in [1.82, 2.24) is 0 Å². The van der Waals surface area contributed by atoms with Gasteiger partial charge in [0.15, 0.2) is 15.8 Å². The van der Waals surface area contributed by atoms with E-state index in [9.17, 15) is 4.79 Å². The fraction of sp³-hybridized carbons (Fsp3) is 0.133. The minimum Gasteiger partial charge on any atom is -0.493 e. The Labute approximate surface area is 226 Å². The molecule has 0 bridgehead atoms. The molecule has 0 N–H and O–H groups in total. The number of carbonyl (C=O) groups is 1. The van der Waals surface area contributed by atoms with Gasteiger partial charge in [-0.25, -0.2) is 0 Å². The summed E-state index contributed by atoms with van der Waals surface area (Å²) in [5, 5.41) is 2.34. The largest absolute Gasteiger partial charge is 0.493 e. The quantitative estimate of drug-likeness (QED) is 0.193. The fourth-order valence-corrected chi connectivity index (χ4v) is 5.51. The van der Waals surface area contributed by atoms with E-state index in [4.69, 9.17) is 21.7 Å². The molecule has 0 unspecified atom stereocenters. The maximum atomic E-state index is 13.2. The number of hydrogen-bond acceptors (Lipinski definition) is 6. The number of nitrogens with zero attached hydrogens (tertiary/aromatic N) is 2. The molecule has 1 aliphatic heterocycles. The minimum absolute atomic E-state index is 0.136. The van der Waals surface area contributed by atoms with Crippen molar-refractivity contribution in [2.45, 2.75) is 6.61 Å². The van der Waals surface area contributed by atoms with Gasteiger partial charge in [0.05, 0.1) is 17.7 Å². The van der Waals surface area contributed by atoms with Crippen LogP contribution in [0, 0.1) is 0 Å². The molecule has 5 rings (SSSR count). The molecular formula is C30H26N2O3S2. The predicted octanol–water partition coefficient (Wildman–Crippen LogP) is 6.90. The van der Waals surface area contributed by atoms with Crippen molar-refractivity contribution in [2.75, 3.05) is 31.0 Å². The molecule has 1 amide bonds. The molecule has 0 aromatic heterocycles. The van der Waals surface area contributed by atoms with Crippen LogP contribution in [0.1, 0.15) is 11.1 Å². The van der Waals surface area contributed by atoms with Crippen LogP contribution in [-0.2, 0) is 11.4 Å². The third-order valence-electron chi connectivity index (χ3n) is 6.17. The first-order valence-corrected chi connectivity index (χ1v) is 13.0. The predicted molar refractivity (Wildman–Crippen MR) is 158 cm³/mol. The van der Waals surface area contributed by atoms with E-state index in [-0.39, 0.29) is 5.91 Å². The first kappa shape index (κ1) is 24.9. The van der Waals surface area contributed by atoms with E-state index >= 15 is 0 Å². The summed E-state index contributed by atoms with van der Waals surface area (Å²) in [5.41, 5.74) is 3.75. The molecule has 1 fully saturated rings. The Hall–Kier alpha value is -3.81. The van der Waals surface area contributed by atoms with E-state index < -0.39 is 0 Å². The number of rotatable bonds is 7. The number of ether oxygens (including phenoxy) is 2. The highest BCUT2D eigenvalue weighted by atomic mass is 32.2. The second kappa shape index (κ2) is 10.7. The number of amides is 1. The Morgan fingerprint density at radius 3 is 2.46 bits per heavy atom. The Morgan fingerprint density at radius 1 is 0.946 bits per heavy atom. The van der Waals surface area contributed by atoms with Gasteiger partial charge in [0.25, 0.3) is 5.91 Å². The van der Waals surface area contributed by atoms with Crippen molar-refractivity contribution < 1.29 is 14.3 Å². The number of carbonyl (C=O) groups excluding carboxylic acids is 1. The van der Waals surface area contributed by atoms with E-state index in [0.29, 0.717) is 27.3 Å².